The van der Waals surface area contributed by atoms with Crippen molar-refractivity contribution in [2.45, 2.75) is 0 Å². The van der Waals surface area contributed by atoms with Gasteiger partial charge in [0.1, 0.15) is 11.4 Å². The van der Waals surface area contributed by atoms with Crippen LogP contribution >= 0.6 is 23.2 Å². The van der Waals surface area contributed by atoms with Gasteiger partial charge in [-0.1, -0.05) is 35.3 Å². The molecule has 0 atom stereocenters. The van der Waals surface area contributed by atoms with Gasteiger partial charge in [-0.25, -0.2) is 9.18 Å². The molecule has 4 nitrogen and oxygen atoms in total. The number of benzene rings is 2. The van der Waals surface area contributed by atoms with Gasteiger partial charge in [0, 0.05) is 10.7 Å². The molecule has 0 saturated carbocycles. The predicted molar refractivity (Wildman–Crippen MR) is 81.8 cm³/mol. The van der Waals surface area contributed by atoms with Crippen molar-refractivity contribution in [1.29, 1.82) is 0 Å². The second kappa shape index (κ2) is 7.24. The van der Waals surface area contributed by atoms with E-state index >= 15 is 0 Å². The molecule has 0 aliphatic carbocycles. The van der Waals surface area contributed by atoms with Crippen LogP contribution in [0.4, 0.5) is 10.1 Å². The van der Waals surface area contributed by atoms with Gasteiger partial charge in [0.25, 0.3) is 5.91 Å². The average molecular weight is 342 g/mol. The van der Waals surface area contributed by atoms with Crippen LogP contribution in [-0.2, 0) is 9.53 Å². The molecular weight excluding hydrogens is 332 g/mol. The lowest BCUT2D eigenvalue weighted by Crippen LogP contribution is -2.21. The molecule has 0 heterocycles. The maximum Gasteiger partial charge on any atom is 0.343 e. The molecule has 2 rings (SSSR count). The maximum atomic E-state index is 13.5. The molecule has 0 aromatic heterocycles. The number of rotatable bonds is 4. The van der Waals surface area contributed by atoms with Crippen LogP contribution in [0.5, 0.6) is 0 Å². The molecule has 22 heavy (non-hydrogen) atoms. The van der Waals surface area contributed by atoms with Crippen LogP contribution in [-0.4, -0.2) is 18.5 Å². The summed E-state index contributed by atoms with van der Waals surface area (Å²) in [4.78, 5) is 23.4. The van der Waals surface area contributed by atoms with Crippen LogP contribution in [0.15, 0.2) is 42.5 Å². The fourth-order valence-corrected chi connectivity index (χ4v) is 2.09. The second-order valence-electron chi connectivity index (χ2n) is 4.23. The van der Waals surface area contributed by atoms with Crippen molar-refractivity contribution < 1.29 is 18.7 Å². The second-order valence-corrected chi connectivity index (χ2v) is 5.07. The van der Waals surface area contributed by atoms with Crippen LogP contribution in [0.25, 0.3) is 0 Å². The summed E-state index contributed by atoms with van der Waals surface area (Å²) in [7, 11) is 0. The molecule has 7 heteroatoms. The number of halogens is 3. The Balaban J connectivity index is 1.95. The number of anilines is 1. The third-order valence-corrected chi connectivity index (χ3v) is 3.16. The summed E-state index contributed by atoms with van der Waals surface area (Å²) in [5.41, 5.74) is 0.0530. The SMILES string of the molecule is O=C(COC(=O)c1c(F)cccc1Cl)Nc1cccc(Cl)c1. The van der Waals surface area contributed by atoms with E-state index < -0.39 is 29.9 Å². The van der Waals surface area contributed by atoms with Gasteiger partial charge in [-0.2, -0.15) is 0 Å². The fraction of sp³-hybridized carbons (Fsp3) is 0.0667. The molecule has 114 valence electrons. The lowest BCUT2D eigenvalue weighted by atomic mass is 10.2. The molecule has 0 aliphatic rings. The molecule has 2 aromatic rings. The predicted octanol–water partition coefficient (Wildman–Crippen LogP) is 3.93. The fourth-order valence-electron chi connectivity index (χ4n) is 1.66. The van der Waals surface area contributed by atoms with Gasteiger partial charge in [0.15, 0.2) is 6.61 Å². The van der Waals surface area contributed by atoms with E-state index in [0.29, 0.717) is 10.7 Å². The maximum absolute atomic E-state index is 13.5. The lowest BCUT2D eigenvalue weighted by Gasteiger charge is -2.08. The quantitative estimate of drug-likeness (QED) is 0.857. The van der Waals surface area contributed by atoms with Crippen molar-refractivity contribution in [3.05, 3.63) is 63.9 Å². The van der Waals surface area contributed by atoms with E-state index in [0.717, 1.165) is 6.07 Å². The molecule has 0 unspecified atom stereocenters. The number of hydrogen-bond donors (Lipinski definition) is 1. The van der Waals surface area contributed by atoms with Crippen LogP contribution in [0, 0.1) is 5.82 Å². The molecule has 0 bridgehead atoms. The highest BCUT2D eigenvalue weighted by Gasteiger charge is 2.18. The van der Waals surface area contributed by atoms with Crippen molar-refractivity contribution in [2.24, 2.45) is 0 Å². The topological polar surface area (TPSA) is 55.4 Å². The summed E-state index contributed by atoms with van der Waals surface area (Å²) < 4.78 is 18.3. The Bertz CT molecular complexity index is 701. The summed E-state index contributed by atoms with van der Waals surface area (Å²) >= 11 is 11.5. The van der Waals surface area contributed by atoms with Crippen molar-refractivity contribution in [2.75, 3.05) is 11.9 Å². The Kier molecular flexibility index (Phi) is 5.35. The zero-order valence-corrected chi connectivity index (χ0v) is 12.6. The number of hydrogen-bond acceptors (Lipinski definition) is 3. The van der Waals surface area contributed by atoms with Gasteiger partial charge < -0.3 is 10.1 Å². The zero-order chi connectivity index (χ0) is 16.1. The molecule has 0 radical (unpaired) electrons. The van der Waals surface area contributed by atoms with E-state index in [1.54, 1.807) is 18.2 Å². The first-order chi connectivity index (χ1) is 10.5. The van der Waals surface area contributed by atoms with Gasteiger partial charge >= 0.3 is 5.97 Å². The van der Waals surface area contributed by atoms with Crippen LogP contribution < -0.4 is 5.32 Å². The molecule has 1 amide bonds. The van der Waals surface area contributed by atoms with Gasteiger partial charge in [0.2, 0.25) is 0 Å². The van der Waals surface area contributed by atoms with E-state index in [1.165, 1.54) is 18.2 Å². The third-order valence-electron chi connectivity index (χ3n) is 2.61. The largest absolute Gasteiger partial charge is 0.452 e. The first-order valence-electron chi connectivity index (χ1n) is 6.14. The minimum Gasteiger partial charge on any atom is -0.452 e. The normalized spacial score (nSPS) is 10.1. The highest BCUT2D eigenvalue weighted by molar-refractivity contribution is 6.33. The van der Waals surface area contributed by atoms with Gasteiger partial charge in [-0.05, 0) is 30.3 Å². The first-order valence-corrected chi connectivity index (χ1v) is 6.89. The van der Waals surface area contributed by atoms with Crippen LogP contribution in [0.3, 0.4) is 0 Å². The number of nitrogens with one attached hydrogen (secondary N) is 1. The first kappa shape index (κ1) is 16.3. The van der Waals surface area contributed by atoms with Gasteiger partial charge in [0.05, 0.1) is 5.02 Å². The summed E-state index contributed by atoms with van der Waals surface area (Å²) in [6.45, 7) is -0.573. The smallest absolute Gasteiger partial charge is 0.343 e. The zero-order valence-electron chi connectivity index (χ0n) is 11.1. The summed E-state index contributed by atoms with van der Waals surface area (Å²) in [6.07, 6.45) is 0. The van der Waals surface area contributed by atoms with Gasteiger partial charge in [-0.15, -0.1) is 0 Å². The highest BCUT2D eigenvalue weighted by atomic mass is 35.5. The van der Waals surface area contributed by atoms with Crippen molar-refractivity contribution in [3.63, 3.8) is 0 Å². The third kappa shape index (κ3) is 4.19. The van der Waals surface area contributed by atoms with E-state index in [4.69, 9.17) is 27.9 Å². The van der Waals surface area contributed by atoms with E-state index in [2.05, 4.69) is 5.32 Å². The molecule has 0 spiro atoms. The van der Waals surface area contributed by atoms with Crippen molar-refractivity contribution in [3.8, 4) is 0 Å². The Labute approximate surface area is 135 Å². The Hall–Kier alpha value is -2.11. The van der Waals surface area contributed by atoms with E-state index in [9.17, 15) is 14.0 Å². The van der Waals surface area contributed by atoms with Crippen molar-refractivity contribution >= 4 is 40.8 Å². The number of ether oxygens (including phenoxy) is 1. The Morgan fingerprint density at radius 1 is 1.14 bits per heavy atom. The number of carbonyl (C=O) groups excluding carboxylic acids is 2. The van der Waals surface area contributed by atoms with Gasteiger partial charge in [-0.3, -0.25) is 4.79 Å². The number of esters is 1. The van der Waals surface area contributed by atoms with Crippen molar-refractivity contribution in [1.82, 2.24) is 0 Å². The van der Waals surface area contributed by atoms with E-state index in [-0.39, 0.29) is 5.02 Å². The molecule has 2 aromatic carbocycles. The monoisotopic (exact) mass is 341 g/mol. The minimum absolute atomic E-state index is 0.0831. The molecule has 0 saturated heterocycles. The highest BCUT2D eigenvalue weighted by Crippen LogP contribution is 2.20. The molecular formula is C15H10Cl2FNO3. The summed E-state index contributed by atoms with van der Waals surface area (Å²) in [5, 5.41) is 2.86. The molecule has 0 fully saturated rings. The van der Waals surface area contributed by atoms with Crippen LogP contribution in [0.2, 0.25) is 10.0 Å². The lowest BCUT2D eigenvalue weighted by molar-refractivity contribution is -0.119. The van der Waals surface area contributed by atoms with E-state index in [1.807, 2.05) is 0 Å². The Morgan fingerprint density at radius 2 is 1.86 bits per heavy atom. The number of amides is 1. The van der Waals surface area contributed by atoms with Crippen LogP contribution in [0.1, 0.15) is 10.4 Å². The molecule has 1 N–H and O–H groups in total. The summed E-state index contributed by atoms with van der Waals surface area (Å²) in [5.74, 6) is -2.40. The average Bonchev–Trinajstić information content (AvgIpc) is 2.45. The standard InChI is InChI=1S/C15H10Cl2FNO3/c16-9-3-1-4-10(7-9)19-13(20)8-22-15(21)14-11(17)5-2-6-12(14)18/h1-7H,8H2,(H,19,20). The summed E-state index contributed by atoms with van der Waals surface area (Å²) in [6, 6.07) is 10.3. The minimum atomic E-state index is -1.01. The Morgan fingerprint density at radius 3 is 2.55 bits per heavy atom. The molecule has 0 aliphatic heterocycles. The number of carbonyl (C=O) groups is 2.